The summed E-state index contributed by atoms with van der Waals surface area (Å²) >= 11 is 9.53. The molecule has 0 aromatic carbocycles. The van der Waals surface area contributed by atoms with E-state index in [2.05, 4.69) is 55.8 Å². The molecule has 0 saturated heterocycles. The number of nitrogens with two attached hydrogens (primary N) is 2. The quantitative estimate of drug-likeness (QED) is 0.107. The number of hydrogen-bond donors (Lipinski definition) is 3. The number of aromatic nitrogens is 3. The number of carbonyl (C=O) groups excluding carboxylic acids is 1. The van der Waals surface area contributed by atoms with Crippen molar-refractivity contribution in [3.05, 3.63) is 128 Å². The van der Waals surface area contributed by atoms with Gasteiger partial charge in [0.15, 0.2) is 0 Å². The van der Waals surface area contributed by atoms with Crippen molar-refractivity contribution < 1.29 is 27.5 Å². The molecular formula is C46H51Cl3N6O6. The van der Waals surface area contributed by atoms with Crippen molar-refractivity contribution in [1.29, 1.82) is 0 Å². The number of amides is 1. The summed E-state index contributed by atoms with van der Waals surface area (Å²) in [6.07, 6.45) is 19.7. The summed E-state index contributed by atoms with van der Waals surface area (Å²) in [5.41, 5.74) is 18.6. The first-order chi connectivity index (χ1) is 29.1. The van der Waals surface area contributed by atoms with Gasteiger partial charge < -0.3 is 39.5 Å². The predicted molar refractivity (Wildman–Crippen MR) is 245 cm³/mol. The molecule has 0 radical (unpaired) electrons. The second kappa shape index (κ2) is 31.9. The average molecular weight is 890 g/mol. The molecule has 12 nitrogen and oxygen atoms in total. The summed E-state index contributed by atoms with van der Waals surface area (Å²) < 4.78 is 25.1. The number of ether oxygens (including phenoxy) is 2. The lowest BCUT2D eigenvalue weighted by Crippen LogP contribution is -2.32. The standard InChI is InChI=1S/C17H18N2O3.2C12H10N2O.C4H10O.CH2Cl2.ClH/c1-17(2,3)22-16(20)19-8-4-5-13-11-18-9-6-15(13)14-7-10-21-12-14;2*13-5-1-2-10-8-14-6-3-12(10)11-4-7-15-9-11;1-3-5-4-2;2-1-3;/h6-7,9-12H,8H2,1-3H3,(H,19,20);2*3-4,6-9H,5,13H2;3-4H2,1-2H3;1H2;1H. The van der Waals surface area contributed by atoms with Crippen LogP contribution in [0.1, 0.15) is 51.3 Å². The Bertz CT molecular complexity index is 2160. The zero-order valence-corrected chi connectivity index (χ0v) is 37.1. The van der Waals surface area contributed by atoms with E-state index < -0.39 is 11.7 Å². The number of alkyl halides is 2. The fraction of sp³-hybridized carbons (Fsp3) is 0.261. The van der Waals surface area contributed by atoms with Crippen molar-refractivity contribution in [1.82, 2.24) is 20.3 Å². The summed E-state index contributed by atoms with van der Waals surface area (Å²) in [5.74, 6) is 17.5. The molecule has 0 bridgehead atoms. The highest BCUT2D eigenvalue weighted by molar-refractivity contribution is 6.40. The molecule has 6 heterocycles. The van der Waals surface area contributed by atoms with Gasteiger partial charge in [0.1, 0.15) is 5.60 Å². The molecule has 0 unspecified atom stereocenters. The van der Waals surface area contributed by atoms with Crippen molar-refractivity contribution in [2.45, 2.75) is 40.2 Å². The van der Waals surface area contributed by atoms with E-state index in [1.165, 1.54) is 0 Å². The van der Waals surface area contributed by atoms with Crippen LogP contribution in [0.2, 0.25) is 0 Å². The van der Waals surface area contributed by atoms with Gasteiger partial charge in [0.05, 0.1) is 79.2 Å². The third-order valence-electron chi connectivity index (χ3n) is 6.96. The van der Waals surface area contributed by atoms with E-state index in [1.807, 2.05) is 71.0 Å². The van der Waals surface area contributed by atoms with E-state index in [1.54, 1.807) is 74.8 Å². The fourth-order valence-corrected chi connectivity index (χ4v) is 4.56. The SMILES string of the molecule is CC(C)(C)OC(=O)NCC#Cc1cnccc1-c1ccoc1.CCOCC.Cl.ClCCl.NCC#Cc1cnccc1-c1ccoc1.NCC#Cc1cnccc1-c1ccoc1. The van der Waals surface area contributed by atoms with Crippen LogP contribution in [0.3, 0.4) is 0 Å². The molecule has 0 saturated carbocycles. The molecule has 0 aliphatic heterocycles. The molecule has 6 aromatic heterocycles. The molecule has 0 aliphatic rings. The Balaban J connectivity index is 0.000000424. The third-order valence-corrected chi connectivity index (χ3v) is 6.96. The van der Waals surface area contributed by atoms with Crippen molar-refractivity contribution in [3.8, 4) is 68.9 Å². The van der Waals surface area contributed by atoms with Crippen molar-refractivity contribution in [2.75, 3.05) is 38.2 Å². The van der Waals surface area contributed by atoms with Gasteiger partial charge in [-0.15, -0.1) is 35.6 Å². The van der Waals surface area contributed by atoms with Gasteiger partial charge in [-0.2, -0.15) is 0 Å². The molecule has 0 atom stereocenters. The molecule has 0 fully saturated rings. The minimum absolute atomic E-state index is 0. The summed E-state index contributed by atoms with van der Waals surface area (Å²) in [5, 5.41) is 2.78. The number of nitrogens with zero attached hydrogens (tertiary/aromatic N) is 3. The van der Waals surface area contributed by atoms with Gasteiger partial charge in [0.2, 0.25) is 0 Å². The van der Waals surface area contributed by atoms with Crippen LogP contribution in [0.25, 0.3) is 33.4 Å². The van der Waals surface area contributed by atoms with E-state index in [0.717, 1.165) is 63.3 Å². The van der Waals surface area contributed by atoms with Crippen LogP contribution in [-0.4, -0.2) is 64.8 Å². The lowest BCUT2D eigenvalue weighted by atomic mass is 10.1. The minimum Gasteiger partial charge on any atom is -0.472 e. The highest BCUT2D eigenvalue weighted by Gasteiger charge is 2.15. The normalized spacial score (nSPS) is 9.39. The maximum absolute atomic E-state index is 11.5. The Hall–Kier alpha value is -6.01. The van der Waals surface area contributed by atoms with Gasteiger partial charge in [-0.05, 0) is 71.0 Å². The molecule has 15 heteroatoms. The molecule has 61 heavy (non-hydrogen) atoms. The Morgan fingerprint density at radius 3 is 1.31 bits per heavy atom. The first kappa shape index (κ1) is 53.0. The molecule has 5 N–H and O–H groups in total. The van der Waals surface area contributed by atoms with Crippen molar-refractivity contribution in [2.24, 2.45) is 11.5 Å². The van der Waals surface area contributed by atoms with Gasteiger partial charge in [0, 0.05) is 83.8 Å². The zero-order chi connectivity index (χ0) is 43.9. The lowest BCUT2D eigenvalue weighted by molar-refractivity contribution is 0.0535. The topological polar surface area (TPSA) is 178 Å². The summed E-state index contributed by atoms with van der Waals surface area (Å²) in [6, 6.07) is 11.3. The number of carbonyl (C=O) groups is 1. The van der Waals surface area contributed by atoms with E-state index >= 15 is 0 Å². The molecule has 6 rings (SSSR count). The second-order valence-corrected chi connectivity index (χ2v) is 13.2. The third kappa shape index (κ3) is 21.7. The predicted octanol–water partition coefficient (Wildman–Crippen LogP) is 9.41. The second-order valence-electron chi connectivity index (χ2n) is 12.4. The number of alkyl carbamates (subject to hydrolysis) is 1. The number of nitrogens with one attached hydrogen (secondary N) is 1. The number of hydrogen-bond acceptors (Lipinski definition) is 11. The summed E-state index contributed by atoms with van der Waals surface area (Å²) in [6.45, 7) is 12.0. The largest absolute Gasteiger partial charge is 0.472 e. The average Bonchev–Trinajstić information content (AvgIpc) is 4.08. The first-order valence-electron chi connectivity index (χ1n) is 18.5. The Morgan fingerprint density at radius 1 is 0.672 bits per heavy atom. The van der Waals surface area contributed by atoms with Crippen LogP contribution in [-0.2, 0) is 9.47 Å². The number of furan rings is 3. The monoisotopic (exact) mass is 888 g/mol. The molecule has 0 aliphatic carbocycles. The van der Waals surface area contributed by atoms with Gasteiger partial charge in [0.25, 0.3) is 0 Å². The highest BCUT2D eigenvalue weighted by Crippen LogP contribution is 2.24. The number of pyridine rings is 3. The maximum Gasteiger partial charge on any atom is 0.408 e. The fourth-order valence-electron chi connectivity index (χ4n) is 4.56. The molecule has 322 valence electrons. The highest BCUT2D eigenvalue weighted by atomic mass is 35.5. The van der Waals surface area contributed by atoms with Gasteiger partial charge in [-0.3, -0.25) is 15.0 Å². The van der Waals surface area contributed by atoms with Crippen molar-refractivity contribution in [3.63, 3.8) is 0 Å². The van der Waals surface area contributed by atoms with Crippen LogP contribution < -0.4 is 16.8 Å². The first-order valence-corrected chi connectivity index (χ1v) is 19.6. The molecule has 6 aromatic rings. The molecule has 0 spiro atoms. The van der Waals surface area contributed by atoms with E-state index in [-0.39, 0.29) is 24.3 Å². The van der Waals surface area contributed by atoms with Crippen molar-refractivity contribution >= 4 is 41.7 Å². The van der Waals surface area contributed by atoms with E-state index in [0.29, 0.717) is 13.1 Å². The van der Waals surface area contributed by atoms with Gasteiger partial charge in [-0.25, -0.2) is 4.79 Å². The summed E-state index contributed by atoms with van der Waals surface area (Å²) in [4.78, 5) is 23.6. The van der Waals surface area contributed by atoms with Crippen LogP contribution in [0.4, 0.5) is 4.79 Å². The Kier molecular flexibility index (Phi) is 27.7. The zero-order valence-electron chi connectivity index (χ0n) is 34.7. The van der Waals surface area contributed by atoms with E-state index in [9.17, 15) is 4.79 Å². The molecular weight excluding hydrogens is 839 g/mol. The van der Waals surface area contributed by atoms with Gasteiger partial charge in [-0.1, -0.05) is 35.5 Å². The van der Waals surface area contributed by atoms with Crippen LogP contribution in [0.15, 0.2) is 124 Å². The smallest absolute Gasteiger partial charge is 0.408 e. The van der Waals surface area contributed by atoms with Crippen LogP contribution in [0, 0.1) is 35.5 Å². The Labute approximate surface area is 374 Å². The summed E-state index contributed by atoms with van der Waals surface area (Å²) in [7, 11) is 0. The lowest BCUT2D eigenvalue weighted by Gasteiger charge is -2.19. The van der Waals surface area contributed by atoms with Crippen LogP contribution in [0.5, 0.6) is 0 Å². The number of rotatable bonds is 6. The number of halogens is 3. The van der Waals surface area contributed by atoms with E-state index in [4.69, 9.17) is 57.4 Å². The minimum atomic E-state index is -0.519. The molecule has 1 amide bonds. The van der Waals surface area contributed by atoms with Gasteiger partial charge >= 0.3 is 6.09 Å². The Morgan fingerprint density at radius 2 is 1.03 bits per heavy atom. The maximum atomic E-state index is 11.5. The van der Waals surface area contributed by atoms with Crippen LogP contribution >= 0.6 is 35.6 Å².